The minimum Gasteiger partial charge on any atom is -0.477 e. The number of amides is 3. The van der Waals surface area contributed by atoms with Crippen LogP contribution in [0, 0.1) is 0 Å². The molecule has 0 saturated carbocycles. The van der Waals surface area contributed by atoms with Gasteiger partial charge in [-0.2, -0.15) is 0 Å². The highest BCUT2D eigenvalue weighted by molar-refractivity contribution is 8.02. The molecule has 2 aliphatic heterocycles. The van der Waals surface area contributed by atoms with Gasteiger partial charge in [-0.25, -0.2) is 14.6 Å². The summed E-state index contributed by atoms with van der Waals surface area (Å²) in [6, 6.07) is -1.00. The van der Waals surface area contributed by atoms with Crippen LogP contribution in [-0.4, -0.2) is 79.3 Å². The molecule has 0 spiro atoms. The van der Waals surface area contributed by atoms with Crippen LogP contribution in [0.4, 0.5) is 9.93 Å². The number of fused-ring (bicyclic) bond motifs is 1. The van der Waals surface area contributed by atoms with Gasteiger partial charge in [-0.1, -0.05) is 5.16 Å². The number of aromatic nitrogens is 1. The highest BCUT2D eigenvalue weighted by Gasteiger charge is 2.54. The number of nitrogens with two attached hydrogens (primary N) is 2. The molecule has 3 heterocycles. The minimum atomic E-state index is -1.28. The van der Waals surface area contributed by atoms with Crippen molar-refractivity contribution in [2.45, 2.75) is 11.4 Å². The van der Waals surface area contributed by atoms with Crippen molar-refractivity contribution in [3.05, 3.63) is 33.8 Å². The molecule has 7 N–H and O–H groups in total. The number of ether oxygens (including phenoxy) is 1. The van der Waals surface area contributed by atoms with Crippen molar-refractivity contribution >= 4 is 69.6 Å². The van der Waals surface area contributed by atoms with Crippen molar-refractivity contribution in [1.82, 2.24) is 15.2 Å². The Bertz CT molecular complexity index is 1070. The van der Waals surface area contributed by atoms with Crippen molar-refractivity contribution in [2.75, 3.05) is 23.8 Å². The summed E-state index contributed by atoms with van der Waals surface area (Å²) in [6.07, 6.45) is 0.695. The Morgan fingerprint density at radius 2 is 2.21 bits per heavy atom. The number of oxime groups is 1. The van der Waals surface area contributed by atoms with Gasteiger partial charge in [0, 0.05) is 16.9 Å². The zero-order chi connectivity index (χ0) is 24.1. The van der Waals surface area contributed by atoms with Crippen molar-refractivity contribution in [1.29, 1.82) is 0 Å². The smallest absolute Gasteiger partial charge is 0.404 e. The van der Waals surface area contributed by atoms with Gasteiger partial charge in [-0.15, -0.1) is 34.9 Å². The first-order valence-electron chi connectivity index (χ1n) is 9.10. The van der Waals surface area contributed by atoms with Crippen LogP contribution in [0.2, 0.25) is 0 Å². The fourth-order valence-electron chi connectivity index (χ4n) is 2.98. The normalized spacial score (nSPS) is 20.4. The summed E-state index contributed by atoms with van der Waals surface area (Å²) in [4.78, 5) is 52.6. The first-order valence-corrected chi connectivity index (χ1v) is 12.1. The molecule has 16 heteroatoms. The number of allylic oxidation sites excluding steroid dienone is 1. The average Bonchev–Trinajstić information content (AvgIpc) is 3.19. The number of β-lactam (4-membered cyclic amide) rings is 1. The number of hydrogen-bond donors (Lipinski definition) is 5. The number of anilines is 1. The summed E-state index contributed by atoms with van der Waals surface area (Å²) >= 11 is 3.60. The van der Waals surface area contributed by atoms with Gasteiger partial charge in [0.1, 0.15) is 29.4 Å². The second kappa shape index (κ2) is 10.6. The minimum absolute atomic E-state index is 0.0506. The molecular weight excluding hydrogens is 496 g/mol. The molecule has 3 rings (SSSR count). The number of aliphatic carboxylic acids is 1. The second-order valence-electron chi connectivity index (χ2n) is 6.40. The van der Waals surface area contributed by atoms with Gasteiger partial charge >= 0.3 is 12.1 Å². The molecule has 0 unspecified atom stereocenters. The first kappa shape index (κ1) is 24.4. The SMILES string of the molecule is NC(=O)OCCS/C=C/C1=C(C(=O)O)N2C(=O)[C@@H](NC(=O)C(=NO)c3csc(N)n3)[C@H]2SC1. The quantitative estimate of drug-likeness (QED) is 0.0971. The van der Waals surface area contributed by atoms with Crippen LogP contribution < -0.4 is 16.8 Å². The third-order valence-corrected chi connectivity index (χ3v) is 7.08. The lowest BCUT2D eigenvalue weighted by atomic mass is 10.0. The summed E-state index contributed by atoms with van der Waals surface area (Å²) in [5.41, 5.74) is 10.3. The number of hydrogen-bond acceptors (Lipinski definition) is 12. The van der Waals surface area contributed by atoms with Crippen molar-refractivity contribution in [3.8, 4) is 0 Å². The lowest BCUT2D eigenvalue weighted by molar-refractivity contribution is -0.150. The molecule has 33 heavy (non-hydrogen) atoms. The number of nitrogen functional groups attached to an aromatic ring is 1. The number of carboxylic acid groups (broad SMARTS) is 1. The predicted molar refractivity (Wildman–Crippen MR) is 122 cm³/mol. The standard InChI is InChI=1S/C17H18N6O7S3/c18-16-20-8(6-33-16)9(22-29)12(24)21-10-13(25)23-11(15(26)27)7(5-32-14(10)23)1-3-31-4-2-30-17(19)28/h1,3,6,10,14,29H,2,4-5H2,(H2,18,20)(H2,19,28)(H,21,24)(H,26,27)/b3-1+,22-9?/t10-,14-/m1/s1. The molecule has 0 radical (unpaired) electrons. The summed E-state index contributed by atoms with van der Waals surface area (Å²) in [7, 11) is 0. The van der Waals surface area contributed by atoms with Gasteiger partial charge in [0.05, 0.1) is 0 Å². The zero-order valence-electron chi connectivity index (χ0n) is 16.7. The first-order chi connectivity index (χ1) is 15.7. The molecule has 1 saturated heterocycles. The Labute approximate surface area is 198 Å². The molecule has 1 aromatic rings. The molecular formula is C17H18N6O7S3. The molecule has 1 aromatic heterocycles. The van der Waals surface area contributed by atoms with Crippen LogP contribution in [0.3, 0.4) is 0 Å². The van der Waals surface area contributed by atoms with E-state index in [1.807, 2.05) is 0 Å². The van der Waals surface area contributed by atoms with E-state index in [-0.39, 0.29) is 28.9 Å². The number of nitrogens with one attached hydrogen (secondary N) is 1. The van der Waals surface area contributed by atoms with E-state index < -0.39 is 41.0 Å². The van der Waals surface area contributed by atoms with Crippen molar-refractivity contribution in [3.63, 3.8) is 0 Å². The van der Waals surface area contributed by atoms with E-state index in [9.17, 15) is 29.5 Å². The van der Waals surface area contributed by atoms with E-state index in [0.29, 0.717) is 11.3 Å². The van der Waals surface area contributed by atoms with Crippen LogP contribution in [0.25, 0.3) is 0 Å². The van der Waals surface area contributed by atoms with E-state index in [2.05, 4.69) is 20.2 Å². The number of nitrogens with zero attached hydrogens (tertiary/aromatic N) is 3. The third kappa shape index (κ3) is 5.40. The molecule has 3 amide bonds. The van der Waals surface area contributed by atoms with Crippen LogP contribution >= 0.6 is 34.9 Å². The topological polar surface area (TPSA) is 211 Å². The van der Waals surface area contributed by atoms with E-state index in [0.717, 1.165) is 16.2 Å². The molecule has 0 aliphatic carbocycles. The Balaban J connectivity index is 1.67. The lowest BCUT2D eigenvalue weighted by Gasteiger charge is -2.49. The molecule has 1 fully saturated rings. The molecule has 176 valence electrons. The molecule has 2 aliphatic rings. The zero-order valence-corrected chi connectivity index (χ0v) is 19.1. The predicted octanol–water partition coefficient (Wildman–Crippen LogP) is -0.0156. The Morgan fingerprint density at radius 3 is 2.82 bits per heavy atom. The molecule has 2 atom stereocenters. The van der Waals surface area contributed by atoms with Crippen LogP contribution in [0.15, 0.2) is 33.3 Å². The van der Waals surface area contributed by atoms with Gasteiger partial charge in [-0.3, -0.25) is 14.5 Å². The fourth-order valence-corrected chi connectivity index (χ4v) is 5.42. The summed E-state index contributed by atoms with van der Waals surface area (Å²) in [5, 5.41) is 26.9. The maximum Gasteiger partial charge on any atom is 0.404 e. The highest BCUT2D eigenvalue weighted by atomic mass is 32.2. The van der Waals surface area contributed by atoms with Gasteiger partial charge in [0.15, 0.2) is 10.8 Å². The highest BCUT2D eigenvalue weighted by Crippen LogP contribution is 2.40. The van der Waals surface area contributed by atoms with Crippen molar-refractivity contribution in [2.24, 2.45) is 10.9 Å². The number of carbonyl (C=O) groups excluding carboxylic acids is 3. The summed E-state index contributed by atoms with van der Waals surface area (Å²) in [6.45, 7) is 0.102. The van der Waals surface area contributed by atoms with Crippen LogP contribution in [0.1, 0.15) is 5.69 Å². The molecule has 0 aromatic carbocycles. The Morgan fingerprint density at radius 1 is 1.45 bits per heavy atom. The van der Waals surface area contributed by atoms with E-state index in [4.69, 9.17) is 11.5 Å². The second-order valence-corrected chi connectivity index (χ2v) is 9.41. The number of rotatable bonds is 9. The number of carbonyl (C=O) groups is 4. The number of thioether (sulfide) groups is 2. The third-order valence-electron chi connectivity index (χ3n) is 4.38. The summed E-state index contributed by atoms with van der Waals surface area (Å²) in [5.74, 6) is -2.04. The number of carboxylic acids is 1. The summed E-state index contributed by atoms with van der Waals surface area (Å²) < 4.78 is 4.60. The Kier molecular flexibility index (Phi) is 7.83. The van der Waals surface area contributed by atoms with Gasteiger partial charge in [0.25, 0.3) is 11.8 Å². The van der Waals surface area contributed by atoms with Gasteiger partial charge in [-0.05, 0) is 17.1 Å². The fraction of sp³-hybridized carbons (Fsp3) is 0.294. The van der Waals surface area contributed by atoms with Crippen LogP contribution in [0.5, 0.6) is 0 Å². The Hall–Kier alpha value is -3.24. The number of thiazole rings is 1. The van der Waals surface area contributed by atoms with E-state index in [1.54, 1.807) is 11.5 Å². The molecule has 13 nitrogen and oxygen atoms in total. The maximum absolute atomic E-state index is 12.7. The largest absolute Gasteiger partial charge is 0.477 e. The van der Waals surface area contributed by atoms with Gasteiger partial charge in [0.2, 0.25) is 0 Å². The monoisotopic (exact) mass is 514 g/mol. The van der Waals surface area contributed by atoms with E-state index >= 15 is 0 Å². The molecule has 0 bridgehead atoms. The number of primary amides is 1. The maximum atomic E-state index is 12.7. The van der Waals surface area contributed by atoms with E-state index in [1.165, 1.54) is 28.9 Å². The van der Waals surface area contributed by atoms with Crippen molar-refractivity contribution < 1.29 is 34.2 Å². The lowest BCUT2D eigenvalue weighted by Crippen LogP contribution is -2.71. The average molecular weight is 515 g/mol. The van der Waals surface area contributed by atoms with Crippen LogP contribution in [-0.2, 0) is 19.1 Å². The van der Waals surface area contributed by atoms with Gasteiger partial charge < -0.3 is 31.8 Å².